The Morgan fingerprint density at radius 2 is 1.74 bits per heavy atom. The zero-order valence-corrected chi connectivity index (χ0v) is 25.6. The van der Waals surface area contributed by atoms with E-state index in [1.54, 1.807) is 0 Å². The van der Waals surface area contributed by atoms with Crippen LogP contribution in [0.4, 0.5) is 5.82 Å². The summed E-state index contributed by atoms with van der Waals surface area (Å²) in [6.45, 7) is 12.9. The fourth-order valence-electron chi connectivity index (χ4n) is 6.29. The average Bonchev–Trinajstić information content (AvgIpc) is 3.73. The van der Waals surface area contributed by atoms with Gasteiger partial charge in [-0.25, -0.2) is 9.97 Å². The second-order valence-electron chi connectivity index (χ2n) is 12.3. The van der Waals surface area contributed by atoms with Gasteiger partial charge in [-0.1, -0.05) is 12.1 Å². The molecule has 12 nitrogen and oxygen atoms in total. The van der Waals surface area contributed by atoms with Gasteiger partial charge >= 0.3 is 5.97 Å². The molecule has 0 amide bonds. The van der Waals surface area contributed by atoms with Crippen molar-refractivity contribution in [3.63, 3.8) is 0 Å². The molecule has 0 atom stereocenters. The highest BCUT2D eigenvalue weighted by atomic mass is 16.5. The zero-order valence-electron chi connectivity index (χ0n) is 25.6. The second kappa shape index (κ2) is 11.1. The summed E-state index contributed by atoms with van der Waals surface area (Å²) in [4.78, 5) is 40.0. The van der Waals surface area contributed by atoms with E-state index in [1.165, 1.54) is 0 Å². The molecule has 1 saturated carbocycles. The quantitative estimate of drug-likeness (QED) is 0.286. The number of benzene rings is 1. The van der Waals surface area contributed by atoms with Crippen molar-refractivity contribution in [1.29, 1.82) is 0 Å². The van der Waals surface area contributed by atoms with Gasteiger partial charge in [0.25, 0.3) is 0 Å². The van der Waals surface area contributed by atoms with Gasteiger partial charge < -0.3 is 18.9 Å². The monoisotopic (exact) mass is 587 g/mol. The molecule has 0 N–H and O–H groups in total. The lowest BCUT2D eigenvalue weighted by Gasteiger charge is -2.42. The lowest BCUT2D eigenvalue weighted by atomic mass is 10.0. The third kappa shape index (κ3) is 5.15. The van der Waals surface area contributed by atoms with Crippen molar-refractivity contribution < 1.29 is 14.3 Å². The molecule has 0 unspecified atom stereocenters. The molecule has 4 aromatic rings. The summed E-state index contributed by atoms with van der Waals surface area (Å²) in [6, 6.07) is 8.25. The zero-order chi connectivity index (χ0) is 29.7. The van der Waals surface area contributed by atoms with E-state index in [4.69, 9.17) is 29.4 Å². The number of fused-ring (bicyclic) bond motifs is 2. The third-order valence-electron chi connectivity index (χ3n) is 9.12. The topological polar surface area (TPSA) is 107 Å². The van der Waals surface area contributed by atoms with Crippen LogP contribution in [0.5, 0.6) is 0 Å². The fraction of sp³-hybridized carbons (Fsp3) is 0.581. The highest BCUT2D eigenvalue weighted by molar-refractivity contribution is 5.86. The van der Waals surface area contributed by atoms with Gasteiger partial charge in [0.05, 0.1) is 37.4 Å². The van der Waals surface area contributed by atoms with Gasteiger partial charge in [-0.2, -0.15) is 9.97 Å². The number of nitrogens with zero attached hydrogens (tertiary/aromatic N) is 9. The number of hydrogen-bond acceptors (Lipinski definition) is 10. The van der Waals surface area contributed by atoms with E-state index >= 15 is 0 Å². The normalized spacial score (nSPS) is 19.0. The summed E-state index contributed by atoms with van der Waals surface area (Å²) < 4.78 is 15.3. The molecule has 3 aromatic heterocycles. The lowest BCUT2D eigenvalue weighted by Crippen LogP contribution is -2.58. The number of aromatic nitrogens is 6. The molecule has 1 aromatic carbocycles. The average molecular weight is 588 g/mol. The van der Waals surface area contributed by atoms with Crippen LogP contribution in [-0.4, -0.2) is 109 Å². The predicted molar refractivity (Wildman–Crippen MR) is 164 cm³/mol. The van der Waals surface area contributed by atoms with Crippen LogP contribution in [0.3, 0.4) is 0 Å². The number of para-hydroxylation sites is 2. The van der Waals surface area contributed by atoms with Gasteiger partial charge in [-0.05, 0) is 45.7 Å². The van der Waals surface area contributed by atoms with Gasteiger partial charge in [0, 0.05) is 52.2 Å². The predicted octanol–water partition coefficient (Wildman–Crippen LogP) is 2.88. The SMILES string of the molecule is CCOC(=O)C(C)(C)N1CCN(Cc2nc3c(N4CCOCC4)nc(-n4c(C5CC5)nc5ccccc54)nc3n2C)CC1. The number of esters is 1. The first-order chi connectivity index (χ1) is 20.8. The van der Waals surface area contributed by atoms with Crippen molar-refractivity contribution in [2.24, 2.45) is 7.05 Å². The summed E-state index contributed by atoms with van der Waals surface area (Å²) in [5, 5.41) is 0. The molecule has 5 heterocycles. The molecule has 43 heavy (non-hydrogen) atoms. The summed E-state index contributed by atoms with van der Waals surface area (Å²) in [7, 11) is 2.05. The van der Waals surface area contributed by atoms with Crippen LogP contribution in [0.2, 0.25) is 0 Å². The molecular weight excluding hydrogens is 546 g/mol. The minimum atomic E-state index is -0.643. The number of aryl methyl sites for hydroxylation is 1. The fourth-order valence-corrected chi connectivity index (χ4v) is 6.29. The van der Waals surface area contributed by atoms with Crippen molar-refractivity contribution in [3.8, 4) is 5.95 Å². The number of morpholine rings is 1. The molecule has 3 aliphatic rings. The van der Waals surface area contributed by atoms with Gasteiger partial charge in [0.2, 0.25) is 5.95 Å². The van der Waals surface area contributed by atoms with Crippen LogP contribution in [0.25, 0.3) is 28.1 Å². The Morgan fingerprint density at radius 3 is 2.47 bits per heavy atom. The largest absolute Gasteiger partial charge is 0.465 e. The smallest absolute Gasteiger partial charge is 0.325 e. The first-order valence-corrected chi connectivity index (χ1v) is 15.5. The minimum absolute atomic E-state index is 0.167. The number of piperazine rings is 1. The lowest BCUT2D eigenvalue weighted by molar-refractivity contribution is -0.157. The highest BCUT2D eigenvalue weighted by Crippen LogP contribution is 2.42. The Labute approximate surface area is 251 Å². The van der Waals surface area contributed by atoms with E-state index in [2.05, 4.69) is 43.0 Å². The molecule has 7 rings (SSSR count). The maximum absolute atomic E-state index is 12.6. The number of carbonyl (C=O) groups excluding carboxylic acids is 1. The van der Waals surface area contributed by atoms with Crippen LogP contribution in [0.1, 0.15) is 51.2 Å². The van der Waals surface area contributed by atoms with Gasteiger partial charge in [-0.15, -0.1) is 0 Å². The van der Waals surface area contributed by atoms with E-state index in [9.17, 15) is 4.79 Å². The third-order valence-corrected chi connectivity index (χ3v) is 9.12. The standard InChI is InChI=1S/C31H41N9O3/c1-5-43-29(41)31(2,3)39-14-12-37(13-15-39)20-24-33-25-27(36(24)4)34-30(35-28(25)38-16-18-42-19-17-38)40-23-9-7-6-8-22(23)32-26(40)21-10-11-21/h6-9,21H,5,10-20H2,1-4H3. The molecule has 3 fully saturated rings. The summed E-state index contributed by atoms with van der Waals surface area (Å²) in [6.07, 6.45) is 2.28. The van der Waals surface area contributed by atoms with Crippen LogP contribution >= 0.6 is 0 Å². The minimum Gasteiger partial charge on any atom is -0.465 e. The molecule has 228 valence electrons. The van der Waals surface area contributed by atoms with Gasteiger partial charge in [0.15, 0.2) is 17.0 Å². The van der Waals surface area contributed by atoms with Crippen molar-refractivity contribution in [2.75, 3.05) is 64.0 Å². The molecule has 2 saturated heterocycles. The van der Waals surface area contributed by atoms with Crippen molar-refractivity contribution in [2.45, 2.75) is 51.6 Å². The Balaban J connectivity index is 1.23. The first-order valence-electron chi connectivity index (χ1n) is 15.5. The Bertz CT molecular complexity index is 1640. The maximum Gasteiger partial charge on any atom is 0.325 e. The van der Waals surface area contributed by atoms with Crippen molar-refractivity contribution >= 4 is 34.0 Å². The summed E-state index contributed by atoms with van der Waals surface area (Å²) in [5.74, 6) is 3.76. The summed E-state index contributed by atoms with van der Waals surface area (Å²) in [5.41, 5.74) is 3.00. The van der Waals surface area contributed by atoms with Crippen LogP contribution in [0, 0.1) is 0 Å². The van der Waals surface area contributed by atoms with E-state index in [0.717, 1.165) is 91.8 Å². The molecule has 0 spiro atoms. The Hall–Kier alpha value is -3.61. The molecule has 2 aliphatic heterocycles. The molecule has 1 aliphatic carbocycles. The molecular formula is C31H41N9O3. The van der Waals surface area contributed by atoms with E-state index in [0.29, 0.717) is 38.2 Å². The Morgan fingerprint density at radius 1 is 1.00 bits per heavy atom. The number of anilines is 1. The molecule has 0 radical (unpaired) electrons. The number of ether oxygens (including phenoxy) is 2. The number of carbonyl (C=O) groups is 1. The van der Waals surface area contributed by atoms with Crippen molar-refractivity contribution in [1.82, 2.24) is 38.9 Å². The van der Waals surface area contributed by atoms with E-state index < -0.39 is 5.54 Å². The first kappa shape index (κ1) is 28.2. The van der Waals surface area contributed by atoms with Crippen LogP contribution < -0.4 is 4.90 Å². The van der Waals surface area contributed by atoms with Crippen molar-refractivity contribution in [3.05, 3.63) is 35.9 Å². The second-order valence-corrected chi connectivity index (χ2v) is 12.3. The number of hydrogen-bond donors (Lipinski definition) is 0. The van der Waals surface area contributed by atoms with Crippen LogP contribution in [0.15, 0.2) is 24.3 Å². The van der Waals surface area contributed by atoms with E-state index in [-0.39, 0.29) is 5.97 Å². The maximum atomic E-state index is 12.6. The summed E-state index contributed by atoms with van der Waals surface area (Å²) >= 11 is 0. The van der Waals surface area contributed by atoms with E-state index in [1.807, 2.05) is 32.9 Å². The molecule has 0 bridgehead atoms. The highest BCUT2D eigenvalue weighted by Gasteiger charge is 2.38. The number of imidazole rings is 2. The van der Waals surface area contributed by atoms with Crippen LogP contribution in [-0.2, 0) is 27.9 Å². The Kier molecular flexibility index (Phi) is 7.30. The van der Waals surface area contributed by atoms with Gasteiger partial charge in [-0.3, -0.25) is 19.2 Å². The number of rotatable bonds is 8. The van der Waals surface area contributed by atoms with Gasteiger partial charge in [0.1, 0.15) is 17.2 Å². The molecule has 12 heteroatoms.